The molecule has 0 aliphatic heterocycles. The number of hydrogen-bond acceptors (Lipinski definition) is 8. The summed E-state index contributed by atoms with van der Waals surface area (Å²) in [6.07, 6.45) is -1.25. The summed E-state index contributed by atoms with van der Waals surface area (Å²) in [5, 5.41) is 25.0. The molecule has 1 aromatic carbocycles. The maximum atomic E-state index is 12.7. The van der Waals surface area contributed by atoms with Crippen LogP contribution in [0.1, 0.15) is 24.8 Å². The lowest BCUT2D eigenvalue weighted by atomic mass is 10.1. The van der Waals surface area contributed by atoms with E-state index in [4.69, 9.17) is 16.6 Å². The van der Waals surface area contributed by atoms with Crippen LogP contribution in [0.4, 0.5) is 0 Å². The van der Waals surface area contributed by atoms with E-state index in [-0.39, 0.29) is 18.6 Å². The first kappa shape index (κ1) is 29.4. The Labute approximate surface area is 206 Å². The highest BCUT2D eigenvalue weighted by Crippen LogP contribution is 2.05. The fraction of sp³-hybridized carbons (Fsp3) is 0.429. The van der Waals surface area contributed by atoms with Gasteiger partial charge in [0.15, 0.2) is 0 Å². The topological polar surface area (TPSA) is 231 Å². The monoisotopic (exact) mass is 511 g/mol. The number of hydrogen-bond donors (Lipinski definition) is 8. The highest BCUT2D eigenvalue weighted by molar-refractivity contribution is 7.80. The molecule has 0 saturated heterocycles. The number of nitrogens with one attached hydrogen (secondary N) is 3. The number of rotatable bonds is 15. The average molecular weight is 512 g/mol. The number of nitrogens with two attached hydrogens (primary N) is 2. The summed E-state index contributed by atoms with van der Waals surface area (Å²) in [6, 6.07) is 3.19. The van der Waals surface area contributed by atoms with E-state index in [0.29, 0.717) is 5.56 Å². The van der Waals surface area contributed by atoms with Crippen molar-refractivity contribution in [3.8, 4) is 0 Å². The van der Waals surface area contributed by atoms with E-state index >= 15 is 0 Å². The van der Waals surface area contributed by atoms with Crippen molar-refractivity contribution in [2.75, 3.05) is 5.75 Å². The van der Waals surface area contributed by atoms with Gasteiger partial charge >= 0.3 is 11.9 Å². The minimum atomic E-state index is -1.51. The van der Waals surface area contributed by atoms with Gasteiger partial charge < -0.3 is 37.6 Å². The van der Waals surface area contributed by atoms with Gasteiger partial charge in [0.2, 0.25) is 23.6 Å². The van der Waals surface area contributed by atoms with Crippen LogP contribution in [0.15, 0.2) is 30.3 Å². The predicted octanol–water partition coefficient (Wildman–Crippen LogP) is -2.23. The van der Waals surface area contributed by atoms with Crippen molar-refractivity contribution in [2.24, 2.45) is 11.5 Å². The molecule has 9 N–H and O–H groups in total. The van der Waals surface area contributed by atoms with Gasteiger partial charge in [0.25, 0.3) is 0 Å². The van der Waals surface area contributed by atoms with E-state index in [9.17, 15) is 33.9 Å². The molecule has 13 nitrogen and oxygen atoms in total. The van der Waals surface area contributed by atoms with Crippen LogP contribution in [-0.4, -0.2) is 75.7 Å². The molecular formula is C21H29N5O8S. The molecule has 0 spiro atoms. The molecule has 0 aliphatic carbocycles. The Hall–Kier alpha value is -3.65. The molecule has 4 atom stereocenters. The van der Waals surface area contributed by atoms with Crippen molar-refractivity contribution in [2.45, 2.75) is 49.9 Å². The fourth-order valence-electron chi connectivity index (χ4n) is 2.89. The Kier molecular flexibility index (Phi) is 12.2. The molecule has 192 valence electrons. The number of carboxylic acid groups (broad SMARTS) is 2. The summed E-state index contributed by atoms with van der Waals surface area (Å²) in [4.78, 5) is 71.2. The van der Waals surface area contributed by atoms with E-state index in [1.165, 1.54) is 0 Å². The first-order valence-electron chi connectivity index (χ1n) is 10.5. The summed E-state index contributed by atoms with van der Waals surface area (Å²) in [7, 11) is 0. The number of thiol groups is 1. The average Bonchev–Trinajstić information content (AvgIpc) is 2.79. The Bertz CT molecular complexity index is 930. The molecule has 4 amide bonds. The number of carboxylic acids is 2. The maximum Gasteiger partial charge on any atom is 0.326 e. The van der Waals surface area contributed by atoms with Gasteiger partial charge in [-0.3, -0.25) is 24.0 Å². The first-order chi connectivity index (χ1) is 16.4. The largest absolute Gasteiger partial charge is 0.481 e. The third kappa shape index (κ3) is 10.9. The van der Waals surface area contributed by atoms with Crippen LogP contribution in [0.3, 0.4) is 0 Å². The summed E-state index contributed by atoms with van der Waals surface area (Å²) in [5.74, 6) is -6.34. The van der Waals surface area contributed by atoms with Crippen LogP contribution >= 0.6 is 12.6 Å². The number of carbonyl (C=O) groups excluding carboxylic acids is 4. The molecule has 1 rings (SSSR count). The minimum absolute atomic E-state index is 0.0102. The molecular weight excluding hydrogens is 482 g/mol. The molecule has 0 bridgehead atoms. The van der Waals surface area contributed by atoms with E-state index in [0.717, 1.165) is 0 Å². The van der Waals surface area contributed by atoms with Gasteiger partial charge in [0, 0.05) is 18.6 Å². The molecule has 0 saturated carbocycles. The predicted molar refractivity (Wildman–Crippen MR) is 126 cm³/mol. The molecule has 0 aliphatic rings. The molecule has 14 heteroatoms. The Balaban J connectivity index is 2.86. The summed E-state index contributed by atoms with van der Waals surface area (Å²) in [6.45, 7) is 0. The lowest BCUT2D eigenvalue weighted by molar-refractivity contribution is -0.142. The van der Waals surface area contributed by atoms with Crippen molar-refractivity contribution in [1.82, 2.24) is 16.0 Å². The van der Waals surface area contributed by atoms with E-state index < -0.39 is 72.6 Å². The normalized spacial score (nSPS) is 14.0. The van der Waals surface area contributed by atoms with Crippen molar-refractivity contribution < 1.29 is 39.0 Å². The molecule has 0 aromatic heterocycles. The first-order valence-corrected chi connectivity index (χ1v) is 11.1. The van der Waals surface area contributed by atoms with Crippen LogP contribution in [0.5, 0.6) is 0 Å². The number of carbonyl (C=O) groups is 6. The van der Waals surface area contributed by atoms with Gasteiger partial charge in [0.05, 0.1) is 12.5 Å². The summed E-state index contributed by atoms with van der Waals surface area (Å²) in [5.41, 5.74) is 11.4. The van der Waals surface area contributed by atoms with Crippen LogP contribution in [0.25, 0.3) is 0 Å². The van der Waals surface area contributed by atoms with Gasteiger partial charge in [0.1, 0.15) is 18.1 Å². The number of amides is 4. The maximum absolute atomic E-state index is 12.7. The van der Waals surface area contributed by atoms with Gasteiger partial charge in [-0.2, -0.15) is 12.6 Å². The van der Waals surface area contributed by atoms with E-state index in [1.807, 2.05) is 0 Å². The van der Waals surface area contributed by atoms with Crippen molar-refractivity contribution in [3.05, 3.63) is 35.9 Å². The third-order valence-corrected chi connectivity index (χ3v) is 5.12. The Morgan fingerprint density at radius 3 is 1.91 bits per heavy atom. The van der Waals surface area contributed by atoms with E-state index in [1.54, 1.807) is 30.3 Å². The summed E-state index contributed by atoms with van der Waals surface area (Å²) >= 11 is 4.01. The summed E-state index contributed by atoms with van der Waals surface area (Å²) < 4.78 is 0. The second-order valence-electron chi connectivity index (χ2n) is 7.60. The zero-order valence-corrected chi connectivity index (χ0v) is 19.6. The molecule has 35 heavy (non-hydrogen) atoms. The highest BCUT2D eigenvalue weighted by atomic mass is 32.1. The zero-order chi connectivity index (χ0) is 26.5. The van der Waals surface area contributed by atoms with Crippen LogP contribution in [0, 0.1) is 0 Å². The highest BCUT2D eigenvalue weighted by Gasteiger charge is 2.30. The second kappa shape index (κ2) is 14.6. The number of benzene rings is 1. The lowest BCUT2D eigenvalue weighted by Gasteiger charge is -2.24. The smallest absolute Gasteiger partial charge is 0.326 e. The van der Waals surface area contributed by atoms with Gasteiger partial charge in [-0.25, -0.2) is 4.79 Å². The number of primary amides is 1. The van der Waals surface area contributed by atoms with Gasteiger partial charge in [-0.05, 0) is 12.0 Å². The van der Waals surface area contributed by atoms with Crippen LogP contribution < -0.4 is 27.4 Å². The van der Waals surface area contributed by atoms with Crippen LogP contribution in [-0.2, 0) is 35.2 Å². The molecule has 0 radical (unpaired) electrons. The Morgan fingerprint density at radius 1 is 0.857 bits per heavy atom. The van der Waals surface area contributed by atoms with Crippen LogP contribution in [0.2, 0.25) is 0 Å². The molecule has 0 fully saturated rings. The van der Waals surface area contributed by atoms with Crippen molar-refractivity contribution in [3.63, 3.8) is 0 Å². The van der Waals surface area contributed by atoms with Gasteiger partial charge in [-0.1, -0.05) is 30.3 Å². The molecule has 4 unspecified atom stereocenters. The van der Waals surface area contributed by atoms with Gasteiger partial charge in [-0.15, -0.1) is 0 Å². The Morgan fingerprint density at radius 2 is 1.40 bits per heavy atom. The standard InChI is InChI=1S/C21H29N5O8S/c22-12(6-7-17(28)29)18(30)24-13(9-16(23)27)19(31)26-15(10-35)20(32)25-14(21(33)34)8-11-4-2-1-3-5-11/h1-5,12-15,35H,6-10,22H2,(H2,23,27)(H,24,30)(H,25,32)(H,26,31)(H,28,29)(H,33,34). The van der Waals surface area contributed by atoms with E-state index in [2.05, 4.69) is 28.6 Å². The zero-order valence-electron chi connectivity index (χ0n) is 18.7. The van der Waals surface area contributed by atoms with Crippen molar-refractivity contribution >= 4 is 48.2 Å². The SMILES string of the molecule is NC(=O)CC(NC(=O)C(N)CCC(=O)O)C(=O)NC(CS)C(=O)NC(Cc1ccccc1)C(=O)O. The minimum Gasteiger partial charge on any atom is -0.481 e. The fourth-order valence-corrected chi connectivity index (χ4v) is 3.15. The lowest BCUT2D eigenvalue weighted by Crippen LogP contribution is -2.58. The second-order valence-corrected chi connectivity index (χ2v) is 7.97. The quantitative estimate of drug-likeness (QED) is 0.119. The number of aliphatic carboxylic acids is 2. The third-order valence-electron chi connectivity index (χ3n) is 4.76. The molecule has 0 heterocycles. The van der Waals surface area contributed by atoms with Crippen molar-refractivity contribution in [1.29, 1.82) is 0 Å². The molecule has 1 aromatic rings.